The van der Waals surface area contributed by atoms with Crippen molar-refractivity contribution in [3.05, 3.63) is 96.5 Å². The summed E-state index contributed by atoms with van der Waals surface area (Å²) in [4.78, 5) is 41.0. The SMILES string of the molecule is COc1cc(NC(=O)Nc2cccc(CNC(=O)OC(CN(CC(C)C)CC(C)C)c3ccccc3)c2)ccc1-c1cnco1.O=C(O)C(F)(F)F. The highest BCUT2D eigenvalue weighted by atomic mass is 19.4. The molecule has 1 atom stereocenters. The molecule has 3 aromatic carbocycles. The van der Waals surface area contributed by atoms with E-state index in [1.807, 2.05) is 42.5 Å². The number of aliphatic carboxylic acids is 1. The molecule has 12 nitrogen and oxygen atoms in total. The first kappa shape index (κ1) is 40.9. The summed E-state index contributed by atoms with van der Waals surface area (Å²) in [6, 6.07) is 21.9. The molecule has 0 radical (unpaired) electrons. The van der Waals surface area contributed by atoms with E-state index in [1.165, 1.54) is 6.39 Å². The van der Waals surface area contributed by atoms with Crippen LogP contribution in [0.25, 0.3) is 11.3 Å². The van der Waals surface area contributed by atoms with Gasteiger partial charge in [-0.1, -0.05) is 70.2 Å². The molecule has 0 spiro atoms. The lowest BCUT2D eigenvalue weighted by molar-refractivity contribution is -0.192. The third kappa shape index (κ3) is 14.0. The van der Waals surface area contributed by atoms with Crippen molar-refractivity contribution in [2.45, 2.75) is 46.5 Å². The van der Waals surface area contributed by atoms with Crippen LogP contribution in [0.3, 0.4) is 0 Å². The standard InChI is InChI=1S/C35H43N5O5.C2HF3O2/c1-24(2)20-40(21-25(3)4)22-33(27-11-7-6-8-12-27)45-35(42)37-18-26-10-9-13-28(16-26)38-34(41)39-29-14-15-30(31(17-29)43-5)32-19-36-23-44-32;3-2(4,5)1(6)7/h6-17,19,23-25,33H,18,20-22H2,1-5H3,(H,37,42)(H2,38,39,41);(H,6,7). The van der Waals surface area contributed by atoms with E-state index < -0.39 is 30.4 Å². The van der Waals surface area contributed by atoms with E-state index in [0.717, 1.165) is 29.8 Å². The molecule has 0 fully saturated rings. The Labute approximate surface area is 300 Å². The monoisotopic (exact) mass is 727 g/mol. The Kier molecular flexibility index (Phi) is 15.5. The molecule has 0 saturated heterocycles. The molecule has 0 aliphatic rings. The fraction of sp³-hybridized carbons (Fsp3) is 0.351. The number of carbonyl (C=O) groups excluding carboxylic acids is 2. The molecule has 1 heterocycles. The molecule has 1 unspecified atom stereocenters. The molecule has 280 valence electrons. The van der Waals surface area contributed by atoms with Crippen LogP contribution in [0, 0.1) is 11.8 Å². The van der Waals surface area contributed by atoms with Gasteiger partial charge in [-0.2, -0.15) is 13.2 Å². The predicted octanol–water partition coefficient (Wildman–Crippen LogP) is 8.21. The number of methoxy groups -OCH3 is 1. The van der Waals surface area contributed by atoms with E-state index in [1.54, 1.807) is 43.6 Å². The molecule has 0 bridgehead atoms. The van der Waals surface area contributed by atoms with Crippen molar-refractivity contribution in [1.29, 1.82) is 0 Å². The van der Waals surface area contributed by atoms with Gasteiger partial charge in [0.15, 0.2) is 12.2 Å². The number of ether oxygens (including phenoxy) is 2. The normalized spacial score (nSPS) is 11.8. The van der Waals surface area contributed by atoms with Crippen LogP contribution < -0.4 is 20.7 Å². The van der Waals surface area contributed by atoms with Crippen molar-refractivity contribution in [2.75, 3.05) is 37.4 Å². The third-order valence-electron chi connectivity index (χ3n) is 7.11. The van der Waals surface area contributed by atoms with Gasteiger partial charge in [-0.25, -0.2) is 19.4 Å². The molecule has 3 amide bonds. The molecule has 1 aromatic heterocycles. The molecule has 0 aliphatic heterocycles. The predicted molar refractivity (Wildman–Crippen MR) is 190 cm³/mol. The molecular formula is C37H44F3N5O7. The van der Waals surface area contributed by atoms with Crippen molar-refractivity contribution in [1.82, 2.24) is 15.2 Å². The molecule has 0 saturated carbocycles. The first-order valence-electron chi connectivity index (χ1n) is 16.4. The molecule has 0 aliphatic carbocycles. The minimum absolute atomic E-state index is 0.236. The maximum atomic E-state index is 13.0. The highest BCUT2D eigenvalue weighted by Gasteiger charge is 2.38. The number of anilines is 2. The number of aromatic nitrogens is 1. The zero-order valence-corrected chi connectivity index (χ0v) is 29.6. The Morgan fingerprint density at radius 2 is 1.52 bits per heavy atom. The second kappa shape index (κ2) is 19.7. The number of carboxylic acid groups (broad SMARTS) is 1. The summed E-state index contributed by atoms with van der Waals surface area (Å²) in [6.07, 6.45) is -3.06. The fourth-order valence-corrected chi connectivity index (χ4v) is 5.09. The first-order chi connectivity index (χ1) is 24.6. The zero-order chi connectivity index (χ0) is 38.3. The van der Waals surface area contributed by atoms with E-state index in [4.69, 9.17) is 23.8 Å². The summed E-state index contributed by atoms with van der Waals surface area (Å²) >= 11 is 0. The molecule has 52 heavy (non-hydrogen) atoms. The fourth-order valence-electron chi connectivity index (χ4n) is 5.09. The number of carboxylic acids is 1. The van der Waals surface area contributed by atoms with Crippen LogP contribution in [0.1, 0.15) is 44.9 Å². The van der Waals surface area contributed by atoms with Crippen molar-refractivity contribution < 1.29 is 46.6 Å². The van der Waals surface area contributed by atoms with Crippen LogP contribution >= 0.6 is 0 Å². The van der Waals surface area contributed by atoms with Gasteiger partial charge in [0.2, 0.25) is 0 Å². The first-order valence-corrected chi connectivity index (χ1v) is 16.4. The lowest BCUT2D eigenvalue weighted by Crippen LogP contribution is -2.37. The number of urea groups is 1. The highest BCUT2D eigenvalue weighted by Crippen LogP contribution is 2.32. The Hall–Kier alpha value is -5.57. The summed E-state index contributed by atoms with van der Waals surface area (Å²) < 4.78 is 48.5. The second-order valence-corrected chi connectivity index (χ2v) is 12.5. The number of hydrogen-bond donors (Lipinski definition) is 4. The van der Waals surface area contributed by atoms with Crippen LogP contribution in [0.4, 0.5) is 34.1 Å². The number of rotatable bonds is 14. The van der Waals surface area contributed by atoms with Crippen LogP contribution in [-0.2, 0) is 16.1 Å². The zero-order valence-electron chi connectivity index (χ0n) is 29.6. The van der Waals surface area contributed by atoms with Crippen LogP contribution in [-0.4, -0.2) is 66.0 Å². The minimum atomic E-state index is -5.08. The van der Waals surface area contributed by atoms with E-state index in [2.05, 4.69) is 53.5 Å². The van der Waals surface area contributed by atoms with Gasteiger partial charge in [0, 0.05) is 43.6 Å². The smallest absolute Gasteiger partial charge is 0.490 e. The maximum absolute atomic E-state index is 13.0. The summed E-state index contributed by atoms with van der Waals surface area (Å²) in [5.74, 6) is -0.679. The Morgan fingerprint density at radius 1 is 0.885 bits per heavy atom. The summed E-state index contributed by atoms with van der Waals surface area (Å²) in [6.45, 7) is 11.5. The number of benzene rings is 3. The number of nitrogens with one attached hydrogen (secondary N) is 3. The van der Waals surface area contributed by atoms with Gasteiger partial charge in [0.25, 0.3) is 0 Å². The topological polar surface area (TPSA) is 155 Å². The average molecular weight is 728 g/mol. The van der Waals surface area contributed by atoms with Gasteiger partial charge < -0.3 is 34.9 Å². The second-order valence-electron chi connectivity index (χ2n) is 12.5. The lowest BCUT2D eigenvalue weighted by Gasteiger charge is -2.30. The van der Waals surface area contributed by atoms with Crippen LogP contribution in [0.2, 0.25) is 0 Å². The van der Waals surface area contributed by atoms with Gasteiger partial charge >= 0.3 is 24.3 Å². The Morgan fingerprint density at radius 3 is 2.08 bits per heavy atom. The number of halogens is 3. The van der Waals surface area contributed by atoms with Gasteiger partial charge in [0.05, 0.1) is 18.9 Å². The van der Waals surface area contributed by atoms with E-state index in [0.29, 0.717) is 41.3 Å². The summed E-state index contributed by atoms with van der Waals surface area (Å²) in [5, 5.41) is 15.6. The summed E-state index contributed by atoms with van der Waals surface area (Å²) in [5.41, 5.74) is 3.60. The quantitative estimate of drug-likeness (QED) is 0.101. The molecule has 4 N–H and O–H groups in total. The van der Waals surface area contributed by atoms with E-state index >= 15 is 0 Å². The number of nitrogens with zero attached hydrogens (tertiary/aromatic N) is 2. The highest BCUT2D eigenvalue weighted by molar-refractivity contribution is 6.00. The third-order valence-corrected chi connectivity index (χ3v) is 7.11. The molecule has 4 aromatic rings. The summed E-state index contributed by atoms with van der Waals surface area (Å²) in [7, 11) is 1.55. The van der Waals surface area contributed by atoms with Gasteiger partial charge in [-0.05, 0) is 47.2 Å². The average Bonchev–Trinajstić information content (AvgIpc) is 3.62. The van der Waals surface area contributed by atoms with Crippen molar-refractivity contribution >= 4 is 29.5 Å². The number of oxazole rings is 1. The van der Waals surface area contributed by atoms with Gasteiger partial charge in [-0.3, -0.25) is 4.90 Å². The number of carbonyl (C=O) groups is 3. The maximum Gasteiger partial charge on any atom is 0.490 e. The lowest BCUT2D eigenvalue weighted by atomic mass is 10.1. The van der Waals surface area contributed by atoms with Crippen LogP contribution in [0.5, 0.6) is 5.75 Å². The number of hydrogen-bond acceptors (Lipinski definition) is 8. The van der Waals surface area contributed by atoms with Crippen molar-refractivity contribution in [3.8, 4) is 17.1 Å². The number of alkyl halides is 3. The molecule has 4 rings (SSSR count). The van der Waals surface area contributed by atoms with Crippen LogP contribution in [0.15, 0.2) is 89.8 Å². The van der Waals surface area contributed by atoms with Crippen molar-refractivity contribution in [3.63, 3.8) is 0 Å². The van der Waals surface area contributed by atoms with E-state index in [-0.39, 0.29) is 6.54 Å². The van der Waals surface area contributed by atoms with Gasteiger partial charge in [-0.15, -0.1) is 0 Å². The minimum Gasteiger partial charge on any atom is -0.496 e. The van der Waals surface area contributed by atoms with Crippen molar-refractivity contribution in [2.24, 2.45) is 11.8 Å². The number of alkyl carbamates (subject to hydrolysis) is 1. The largest absolute Gasteiger partial charge is 0.496 e. The van der Waals surface area contributed by atoms with E-state index in [9.17, 15) is 22.8 Å². The Balaban J connectivity index is 0.000000944. The molecular weight excluding hydrogens is 683 g/mol. The number of amides is 3. The Bertz CT molecular complexity index is 1710. The molecule has 15 heteroatoms. The van der Waals surface area contributed by atoms with Gasteiger partial charge in [0.1, 0.15) is 11.9 Å².